The van der Waals surface area contributed by atoms with Gasteiger partial charge in [0.15, 0.2) is 5.65 Å². The van der Waals surface area contributed by atoms with Gasteiger partial charge in [-0.25, -0.2) is 9.97 Å². The third-order valence-electron chi connectivity index (χ3n) is 3.63. The van der Waals surface area contributed by atoms with Gasteiger partial charge in [-0.05, 0) is 30.9 Å². The van der Waals surface area contributed by atoms with Gasteiger partial charge >= 0.3 is 0 Å². The molecule has 1 N–H and O–H groups in total. The monoisotopic (exact) mass is 261 g/mol. The van der Waals surface area contributed by atoms with Crippen molar-refractivity contribution in [3.63, 3.8) is 0 Å². The van der Waals surface area contributed by atoms with Crippen LogP contribution in [0.5, 0.6) is 0 Å². The quantitative estimate of drug-likeness (QED) is 0.903. The van der Waals surface area contributed by atoms with E-state index >= 15 is 0 Å². The predicted octanol–water partition coefficient (Wildman–Crippen LogP) is 1.39. The number of aliphatic hydroxyl groups is 1. The van der Waals surface area contributed by atoms with E-state index in [0.29, 0.717) is 12.5 Å². The van der Waals surface area contributed by atoms with Crippen molar-refractivity contribution in [3.05, 3.63) is 24.2 Å². The summed E-state index contributed by atoms with van der Waals surface area (Å²) in [4.78, 5) is 9.03. The van der Waals surface area contributed by atoms with Gasteiger partial charge in [0.25, 0.3) is 0 Å². The second-order valence-electron chi connectivity index (χ2n) is 5.04. The van der Waals surface area contributed by atoms with Gasteiger partial charge < -0.3 is 14.4 Å². The second-order valence-corrected chi connectivity index (χ2v) is 5.04. The van der Waals surface area contributed by atoms with Gasteiger partial charge in [0.2, 0.25) is 0 Å². The van der Waals surface area contributed by atoms with Crippen molar-refractivity contribution in [2.75, 3.05) is 19.8 Å². The summed E-state index contributed by atoms with van der Waals surface area (Å²) in [6.45, 7) is 2.35. The van der Waals surface area contributed by atoms with Crippen LogP contribution in [0, 0.1) is 5.92 Å². The van der Waals surface area contributed by atoms with Crippen LogP contribution in [-0.4, -0.2) is 39.5 Å². The Morgan fingerprint density at radius 2 is 2.42 bits per heavy atom. The zero-order valence-electron chi connectivity index (χ0n) is 11.0. The van der Waals surface area contributed by atoms with Gasteiger partial charge in [0.05, 0.1) is 6.61 Å². The highest BCUT2D eigenvalue weighted by Gasteiger charge is 2.19. The summed E-state index contributed by atoms with van der Waals surface area (Å²) in [6.07, 6.45) is 4.99. The number of rotatable bonds is 4. The van der Waals surface area contributed by atoms with Crippen molar-refractivity contribution in [1.29, 1.82) is 0 Å². The number of nitrogens with zero attached hydrogens (tertiary/aromatic N) is 3. The zero-order chi connectivity index (χ0) is 13.1. The molecule has 3 heterocycles. The number of ether oxygens (including phenoxy) is 1. The van der Waals surface area contributed by atoms with Crippen molar-refractivity contribution in [2.24, 2.45) is 5.92 Å². The maximum Gasteiger partial charge on any atom is 0.160 e. The molecular weight excluding hydrogens is 242 g/mol. The summed E-state index contributed by atoms with van der Waals surface area (Å²) in [5.41, 5.74) is 1.77. The summed E-state index contributed by atoms with van der Waals surface area (Å²) in [5.74, 6) is 1.54. The molecule has 1 unspecified atom stereocenters. The molecule has 0 aliphatic carbocycles. The summed E-state index contributed by atoms with van der Waals surface area (Å²) in [7, 11) is 0. The van der Waals surface area contributed by atoms with E-state index in [0.717, 1.165) is 43.0 Å². The Hall–Kier alpha value is -1.46. The molecule has 0 aromatic carbocycles. The van der Waals surface area contributed by atoms with Crippen LogP contribution in [0.4, 0.5) is 0 Å². The van der Waals surface area contributed by atoms with Crippen molar-refractivity contribution in [2.45, 2.75) is 25.8 Å². The average Bonchev–Trinajstić information content (AvgIpc) is 2.79. The Labute approximate surface area is 112 Å². The molecule has 1 atom stereocenters. The van der Waals surface area contributed by atoms with E-state index in [9.17, 15) is 5.11 Å². The largest absolute Gasteiger partial charge is 0.395 e. The summed E-state index contributed by atoms with van der Waals surface area (Å²) < 4.78 is 7.56. The molecular formula is C14H19N3O2. The van der Waals surface area contributed by atoms with Crippen LogP contribution in [0.1, 0.15) is 18.7 Å². The zero-order valence-corrected chi connectivity index (χ0v) is 11.0. The first-order chi connectivity index (χ1) is 9.38. The highest BCUT2D eigenvalue weighted by Crippen LogP contribution is 2.21. The Morgan fingerprint density at radius 3 is 3.21 bits per heavy atom. The molecule has 1 saturated heterocycles. The van der Waals surface area contributed by atoms with Crippen molar-refractivity contribution in [3.8, 4) is 0 Å². The van der Waals surface area contributed by atoms with E-state index in [1.807, 2.05) is 16.7 Å². The molecule has 5 heteroatoms. The molecule has 0 bridgehead atoms. The van der Waals surface area contributed by atoms with E-state index in [1.165, 1.54) is 6.42 Å². The standard InChI is InChI=1S/C14H19N3O2/c18-7-6-17-13(9-11-3-2-8-19-10-11)16-12-4-1-5-15-14(12)17/h1,4-5,11,18H,2-3,6-10H2. The number of hydrogen-bond donors (Lipinski definition) is 1. The maximum atomic E-state index is 9.23. The molecule has 19 heavy (non-hydrogen) atoms. The van der Waals surface area contributed by atoms with Gasteiger partial charge in [0.1, 0.15) is 11.3 Å². The van der Waals surface area contributed by atoms with Gasteiger partial charge in [-0.3, -0.25) is 0 Å². The van der Waals surface area contributed by atoms with Crippen LogP contribution in [0.25, 0.3) is 11.2 Å². The molecule has 0 radical (unpaired) electrons. The molecule has 5 nitrogen and oxygen atoms in total. The van der Waals surface area contributed by atoms with Gasteiger partial charge in [-0.15, -0.1) is 0 Å². The molecule has 1 fully saturated rings. The number of fused-ring (bicyclic) bond motifs is 1. The lowest BCUT2D eigenvalue weighted by Gasteiger charge is -2.21. The van der Waals surface area contributed by atoms with Crippen molar-refractivity contribution in [1.82, 2.24) is 14.5 Å². The maximum absolute atomic E-state index is 9.23. The number of imidazole rings is 1. The van der Waals surface area contributed by atoms with Crippen LogP contribution in [0.15, 0.2) is 18.3 Å². The fourth-order valence-corrected chi connectivity index (χ4v) is 2.72. The van der Waals surface area contributed by atoms with Crippen LogP contribution in [0.3, 0.4) is 0 Å². The first-order valence-corrected chi connectivity index (χ1v) is 6.87. The third-order valence-corrected chi connectivity index (χ3v) is 3.63. The topological polar surface area (TPSA) is 60.2 Å². The first kappa shape index (κ1) is 12.6. The Kier molecular flexibility index (Phi) is 3.75. The van der Waals surface area contributed by atoms with Crippen LogP contribution in [-0.2, 0) is 17.7 Å². The summed E-state index contributed by atoms with van der Waals surface area (Å²) in [6, 6.07) is 3.86. The fourth-order valence-electron chi connectivity index (χ4n) is 2.72. The minimum absolute atomic E-state index is 0.107. The summed E-state index contributed by atoms with van der Waals surface area (Å²) >= 11 is 0. The first-order valence-electron chi connectivity index (χ1n) is 6.87. The Bertz CT molecular complexity index is 547. The van der Waals surface area contributed by atoms with Gasteiger partial charge in [-0.2, -0.15) is 0 Å². The molecule has 2 aromatic rings. The molecule has 102 valence electrons. The van der Waals surface area contributed by atoms with Crippen molar-refractivity contribution < 1.29 is 9.84 Å². The minimum atomic E-state index is 0.107. The minimum Gasteiger partial charge on any atom is -0.395 e. The second kappa shape index (κ2) is 5.67. The normalized spacial score (nSPS) is 19.9. The van der Waals surface area contributed by atoms with Crippen LogP contribution in [0.2, 0.25) is 0 Å². The Morgan fingerprint density at radius 1 is 1.47 bits per heavy atom. The smallest absolute Gasteiger partial charge is 0.160 e. The molecule has 1 aliphatic heterocycles. The molecule has 1 aliphatic rings. The summed E-state index contributed by atoms with van der Waals surface area (Å²) in [5, 5.41) is 9.23. The average molecular weight is 261 g/mol. The van der Waals surface area contributed by atoms with Crippen LogP contribution >= 0.6 is 0 Å². The molecule has 0 spiro atoms. The molecule has 0 saturated carbocycles. The van der Waals surface area contributed by atoms with E-state index in [1.54, 1.807) is 6.20 Å². The predicted molar refractivity (Wildman–Crippen MR) is 71.9 cm³/mol. The molecule has 0 amide bonds. The van der Waals surface area contributed by atoms with Gasteiger partial charge in [0, 0.05) is 32.4 Å². The SMILES string of the molecule is OCCn1c(CC2CCCOC2)nc2cccnc21. The number of hydrogen-bond acceptors (Lipinski definition) is 4. The Balaban J connectivity index is 1.90. The lowest BCUT2D eigenvalue weighted by atomic mass is 9.98. The van der Waals surface area contributed by atoms with Crippen LogP contribution < -0.4 is 0 Å². The number of aromatic nitrogens is 3. The van der Waals surface area contributed by atoms with Crippen molar-refractivity contribution >= 4 is 11.2 Å². The highest BCUT2D eigenvalue weighted by molar-refractivity contribution is 5.71. The number of aliphatic hydroxyl groups excluding tert-OH is 1. The van der Waals surface area contributed by atoms with Gasteiger partial charge in [-0.1, -0.05) is 0 Å². The molecule has 3 rings (SSSR count). The molecule has 2 aromatic heterocycles. The van der Waals surface area contributed by atoms with E-state index in [2.05, 4.69) is 9.97 Å². The van der Waals surface area contributed by atoms with E-state index < -0.39 is 0 Å². The highest BCUT2D eigenvalue weighted by atomic mass is 16.5. The number of pyridine rings is 1. The lowest BCUT2D eigenvalue weighted by molar-refractivity contribution is 0.0539. The van der Waals surface area contributed by atoms with E-state index in [-0.39, 0.29) is 6.61 Å². The van der Waals surface area contributed by atoms with E-state index in [4.69, 9.17) is 4.74 Å². The fraction of sp³-hybridized carbons (Fsp3) is 0.571. The third kappa shape index (κ3) is 2.62. The lowest BCUT2D eigenvalue weighted by Crippen LogP contribution is -2.21.